The number of carbonyl (C=O) groups is 1. The summed E-state index contributed by atoms with van der Waals surface area (Å²) in [6, 6.07) is 16.9. The molecule has 2 unspecified atom stereocenters. The summed E-state index contributed by atoms with van der Waals surface area (Å²) in [5.41, 5.74) is 1.89. The number of likely N-dealkylation sites (tertiary alicyclic amines) is 1. The van der Waals surface area contributed by atoms with Crippen molar-refractivity contribution in [3.63, 3.8) is 0 Å². The Bertz CT molecular complexity index is 1630. The van der Waals surface area contributed by atoms with E-state index in [-0.39, 0.29) is 17.1 Å². The van der Waals surface area contributed by atoms with Gasteiger partial charge in [0.25, 0.3) is 0 Å². The molecule has 10 heteroatoms. The highest BCUT2D eigenvalue weighted by atomic mass is 32.2. The number of nitrogens with one attached hydrogen (secondary N) is 1. The molecule has 0 spiro atoms. The van der Waals surface area contributed by atoms with E-state index in [2.05, 4.69) is 45.4 Å². The molecule has 3 aliphatic heterocycles. The van der Waals surface area contributed by atoms with Crippen LogP contribution in [-0.2, 0) is 20.2 Å². The average Bonchev–Trinajstić information content (AvgIpc) is 3.48. The number of amides is 1. The minimum atomic E-state index is -3.57. The first-order valence-corrected chi connectivity index (χ1v) is 18.6. The summed E-state index contributed by atoms with van der Waals surface area (Å²) >= 11 is 0. The van der Waals surface area contributed by atoms with Gasteiger partial charge in [0.05, 0.1) is 17.3 Å². The number of benzene rings is 2. The number of nitrogens with zero attached hydrogens (tertiary/aromatic N) is 4. The number of carbonyl (C=O) groups excluding carboxylic acids is 1. The molecule has 244 valence electrons. The molecular formula is C35H48FN5O3S. The lowest BCUT2D eigenvalue weighted by Gasteiger charge is -2.47. The number of sulfonamides is 1. The smallest absolute Gasteiger partial charge is 0.243 e. The summed E-state index contributed by atoms with van der Waals surface area (Å²) in [5.74, 6) is 0.693. The van der Waals surface area contributed by atoms with Crippen LogP contribution >= 0.6 is 0 Å². The van der Waals surface area contributed by atoms with Gasteiger partial charge in [-0.25, -0.2) is 17.8 Å². The SMILES string of the molecule is CCC(CC)(NS(C)(=O)=O)C(=O)N1CCC(CCN2C3CCC2CC(n2c(C)nc4ccccc42)C3)(c2cccc(F)c2)CC1. The Hall–Kier alpha value is -2.82. The monoisotopic (exact) mass is 637 g/mol. The fraction of sp³-hybridized carbons (Fsp3) is 0.600. The van der Waals surface area contributed by atoms with E-state index in [1.807, 2.05) is 24.8 Å². The van der Waals surface area contributed by atoms with Gasteiger partial charge in [-0.3, -0.25) is 9.69 Å². The summed E-state index contributed by atoms with van der Waals surface area (Å²) in [5, 5.41) is 0. The summed E-state index contributed by atoms with van der Waals surface area (Å²) < 4.78 is 44.1. The van der Waals surface area contributed by atoms with Crippen molar-refractivity contribution in [1.82, 2.24) is 24.1 Å². The van der Waals surface area contributed by atoms with Crippen LogP contribution < -0.4 is 4.72 Å². The number of aromatic nitrogens is 2. The average molecular weight is 638 g/mol. The first-order valence-electron chi connectivity index (χ1n) is 16.7. The van der Waals surface area contributed by atoms with Crippen molar-refractivity contribution in [2.75, 3.05) is 25.9 Å². The number of fused-ring (bicyclic) bond motifs is 3. The van der Waals surface area contributed by atoms with Gasteiger partial charge in [-0.2, -0.15) is 4.72 Å². The van der Waals surface area contributed by atoms with Gasteiger partial charge < -0.3 is 9.47 Å². The molecule has 0 saturated carbocycles. The number of rotatable bonds is 10. The Morgan fingerprint density at radius 3 is 2.31 bits per heavy atom. The van der Waals surface area contributed by atoms with Crippen molar-refractivity contribution < 1.29 is 17.6 Å². The van der Waals surface area contributed by atoms with Gasteiger partial charge in [-0.15, -0.1) is 0 Å². The highest BCUT2D eigenvalue weighted by molar-refractivity contribution is 7.88. The summed E-state index contributed by atoms with van der Waals surface area (Å²) in [4.78, 5) is 23.2. The number of para-hydroxylation sites is 2. The normalized spacial score (nSPS) is 23.9. The van der Waals surface area contributed by atoms with Gasteiger partial charge in [-0.05, 0) is 106 Å². The fourth-order valence-corrected chi connectivity index (χ4v) is 9.91. The Labute approximate surface area is 267 Å². The molecule has 1 aromatic heterocycles. The number of aryl methyl sites for hydroxylation is 1. The van der Waals surface area contributed by atoms with Crippen molar-refractivity contribution in [3.05, 3.63) is 65.7 Å². The zero-order valence-corrected chi connectivity index (χ0v) is 28.0. The van der Waals surface area contributed by atoms with Crippen LogP contribution in [0.15, 0.2) is 48.5 Å². The molecule has 1 amide bonds. The highest BCUT2D eigenvalue weighted by Gasteiger charge is 2.46. The summed E-state index contributed by atoms with van der Waals surface area (Å²) in [6.45, 7) is 7.81. The van der Waals surface area contributed by atoms with E-state index in [1.165, 1.54) is 24.4 Å². The maximum absolute atomic E-state index is 14.6. The Morgan fingerprint density at radius 1 is 1.02 bits per heavy atom. The van der Waals surface area contributed by atoms with Crippen LogP contribution in [0.4, 0.5) is 4.39 Å². The highest BCUT2D eigenvalue weighted by Crippen LogP contribution is 2.45. The van der Waals surface area contributed by atoms with E-state index in [0.29, 0.717) is 44.1 Å². The van der Waals surface area contributed by atoms with Gasteiger partial charge in [0.2, 0.25) is 15.9 Å². The largest absolute Gasteiger partial charge is 0.341 e. The Balaban J connectivity index is 1.19. The lowest BCUT2D eigenvalue weighted by atomic mass is 9.70. The molecule has 3 aromatic rings. The lowest BCUT2D eigenvalue weighted by molar-refractivity contribution is -0.139. The quantitative estimate of drug-likeness (QED) is 0.308. The predicted octanol–water partition coefficient (Wildman–Crippen LogP) is 5.71. The maximum Gasteiger partial charge on any atom is 0.243 e. The van der Waals surface area contributed by atoms with Gasteiger partial charge in [-0.1, -0.05) is 38.1 Å². The van der Waals surface area contributed by atoms with Crippen molar-refractivity contribution >= 4 is 27.0 Å². The fourth-order valence-electron chi connectivity index (χ4n) is 8.83. The van der Waals surface area contributed by atoms with Crippen molar-refractivity contribution in [2.45, 2.75) is 108 Å². The first kappa shape index (κ1) is 32.1. The molecule has 4 heterocycles. The first-order chi connectivity index (χ1) is 21.5. The maximum atomic E-state index is 14.6. The summed E-state index contributed by atoms with van der Waals surface area (Å²) in [6.07, 6.45) is 8.83. The van der Waals surface area contributed by atoms with Crippen molar-refractivity contribution in [3.8, 4) is 0 Å². The number of hydrogen-bond acceptors (Lipinski definition) is 5. The van der Waals surface area contributed by atoms with Crippen molar-refractivity contribution in [2.24, 2.45) is 0 Å². The second-order valence-electron chi connectivity index (χ2n) is 13.8. The van der Waals surface area contributed by atoms with E-state index >= 15 is 0 Å². The molecule has 1 N–H and O–H groups in total. The van der Waals surface area contributed by atoms with Gasteiger partial charge in [0.1, 0.15) is 17.2 Å². The van der Waals surface area contributed by atoms with Crippen LogP contribution in [0.5, 0.6) is 0 Å². The zero-order chi connectivity index (χ0) is 32.0. The molecule has 3 fully saturated rings. The van der Waals surface area contributed by atoms with Crippen molar-refractivity contribution in [1.29, 1.82) is 0 Å². The van der Waals surface area contributed by atoms with E-state index in [4.69, 9.17) is 4.98 Å². The minimum absolute atomic E-state index is 0.159. The molecule has 8 nitrogen and oxygen atoms in total. The second-order valence-corrected chi connectivity index (χ2v) is 15.5. The van der Waals surface area contributed by atoms with Crippen LogP contribution in [0.3, 0.4) is 0 Å². The number of piperidine rings is 2. The van der Waals surface area contributed by atoms with Crippen LogP contribution in [0.1, 0.15) is 89.1 Å². The topological polar surface area (TPSA) is 87.5 Å². The molecule has 2 bridgehead atoms. The van der Waals surface area contributed by atoms with Crippen LogP contribution in [0.25, 0.3) is 11.0 Å². The predicted molar refractivity (Wildman–Crippen MR) is 176 cm³/mol. The zero-order valence-electron chi connectivity index (χ0n) is 27.1. The number of imidazole rings is 1. The third kappa shape index (κ3) is 6.17. The van der Waals surface area contributed by atoms with Gasteiger partial charge in [0, 0.05) is 31.2 Å². The van der Waals surface area contributed by atoms with E-state index < -0.39 is 15.6 Å². The molecule has 0 aliphatic carbocycles. The van der Waals surface area contributed by atoms with Crippen LogP contribution in [0, 0.1) is 12.7 Å². The molecular weight excluding hydrogens is 589 g/mol. The Kier molecular flexibility index (Phi) is 8.86. The Morgan fingerprint density at radius 2 is 1.69 bits per heavy atom. The summed E-state index contributed by atoms with van der Waals surface area (Å²) in [7, 11) is -3.57. The molecule has 6 rings (SSSR count). The lowest BCUT2D eigenvalue weighted by Crippen LogP contribution is -2.60. The third-order valence-electron chi connectivity index (χ3n) is 11.3. The van der Waals surface area contributed by atoms with E-state index in [9.17, 15) is 17.6 Å². The standard InChI is InChI=1S/C35H48FN5O3S/c1-5-35(6-2,38-45(4,43)44)33(42)39-19-16-34(17-20-39,26-10-9-11-27(36)22-26)18-21-40-28-14-15-29(40)24-30(23-28)41-25(3)37-31-12-7-8-13-32(31)41/h7-13,22,28-30,38H,5-6,14-21,23-24H2,1-4H3. The third-order valence-corrected chi connectivity index (χ3v) is 12.0. The van der Waals surface area contributed by atoms with Gasteiger partial charge >= 0.3 is 0 Å². The molecule has 45 heavy (non-hydrogen) atoms. The molecule has 0 radical (unpaired) electrons. The number of hydrogen-bond donors (Lipinski definition) is 1. The van der Waals surface area contributed by atoms with Gasteiger partial charge in [0.15, 0.2) is 0 Å². The number of halogens is 1. The molecule has 2 atom stereocenters. The van der Waals surface area contributed by atoms with E-state index in [1.54, 1.807) is 12.1 Å². The van der Waals surface area contributed by atoms with Crippen LogP contribution in [-0.4, -0.2) is 77.2 Å². The van der Waals surface area contributed by atoms with Crippen LogP contribution in [0.2, 0.25) is 0 Å². The molecule has 3 saturated heterocycles. The minimum Gasteiger partial charge on any atom is -0.341 e. The molecule has 3 aliphatic rings. The second kappa shape index (κ2) is 12.4. The molecule has 2 aromatic carbocycles. The van der Waals surface area contributed by atoms with E-state index in [0.717, 1.165) is 61.8 Å².